The fraction of sp³-hybridized carbons (Fsp3) is 0.353. The fourth-order valence-electron chi connectivity index (χ4n) is 2.29. The molecule has 2 rings (SSSR count). The SMILES string of the molecule is CCC(=O)C[C@H](Nc1ccc(OC)cc1)C1C=CC=C1. The molecule has 1 aliphatic rings. The molecule has 0 heterocycles. The molecule has 0 saturated heterocycles. The number of anilines is 1. The molecule has 1 aromatic rings. The van der Waals surface area contributed by atoms with Crippen LogP contribution in [0, 0.1) is 5.92 Å². The number of benzene rings is 1. The Bertz CT molecular complexity index is 490. The van der Waals surface area contributed by atoms with Crippen molar-refractivity contribution in [2.24, 2.45) is 5.92 Å². The molecule has 1 aromatic carbocycles. The maximum absolute atomic E-state index is 11.8. The van der Waals surface area contributed by atoms with Gasteiger partial charge < -0.3 is 10.1 Å². The zero-order chi connectivity index (χ0) is 14.4. The van der Waals surface area contributed by atoms with Gasteiger partial charge >= 0.3 is 0 Å². The molecule has 0 unspecified atom stereocenters. The molecule has 1 atom stereocenters. The molecule has 20 heavy (non-hydrogen) atoms. The Labute approximate surface area is 120 Å². The first-order chi connectivity index (χ1) is 9.72. The van der Waals surface area contributed by atoms with Crippen LogP contribution in [-0.4, -0.2) is 18.9 Å². The molecule has 0 amide bonds. The first-order valence-electron chi connectivity index (χ1n) is 7.00. The molecule has 0 bridgehead atoms. The number of ether oxygens (including phenoxy) is 1. The van der Waals surface area contributed by atoms with E-state index in [0.717, 1.165) is 11.4 Å². The average Bonchev–Trinajstić information content (AvgIpc) is 3.01. The van der Waals surface area contributed by atoms with Gasteiger partial charge in [-0.25, -0.2) is 0 Å². The zero-order valence-electron chi connectivity index (χ0n) is 12.0. The highest BCUT2D eigenvalue weighted by molar-refractivity contribution is 5.79. The van der Waals surface area contributed by atoms with Gasteiger partial charge in [0.05, 0.1) is 7.11 Å². The minimum Gasteiger partial charge on any atom is -0.497 e. The van der Waals surface area contributed by atoms with E-state index in [2.05, 4.69) is 17.5 Å². The third-order valence-electron chi connectivity index (χ3n) is 3.53. The van der Waals surface area contributed by atoms with E-state index in [0.29, 0.717) is 12.8 Å². The Morgan fingerprint density at radius 2 is 1.90 bits per heavy atom. The van der Waals surface area contributed by atoms with Crippen molar-refractivity contribution < 1.29 is 9.53 Å². The van der Waals surface area contributed by atoms with Gasteiger partial charge in [0, 0.05) is 30.5 Å². The van der Waals surface area contributed by atoms with E-state index in [1.165, 1.54) is 0 Å². The van der Waals surface area contributed by atoms with Crippen LogP contribution in [0.3, 0.4) is 0 Å². The van der Waals surface area contributed by atoms with Crippen molar-refractivity contribution in [3.63, 3.8) is 0 Å². The number of carbonyl (C=O) groups excluding carboxylic acids is 1. The topological polar surface area (TPSA) is 38.3 Å². The summed E-state index contributed by atoms with van der Waals surface area (Å²) in [6, 6.07) is 7.89. The van der Waals surface area contributed by atoms with Crippen LogP contribution in [0.25, 0.3) is 0 Å². The number of ketones is 1. The summed E-state index contributed by atoms with van der Waals surface area (Å²) in [6.07, 6.45) is 9.45. The van der Waals surface area contributed by atoms with Crippen LogP contribution < -0.4 is 10.1 Å². The van der Waals surface area contributed by atoms with Gasteiger partial charge in [0.25, 0.3) is 0 Å². The summed E-state index contributed by atoms with van der Waals surface area (Å²) < 4.78 is 5.15. The number of methoxy groups -OCH3 is 1. The lowest BCUT2D eigenvalue weighted by atomic mass is 9.95. The number of Topliss-reactive ketones (excluding diaryl/α,β-unsaturated/α-hetero) is 1. The van der Waals surface area contributed by atoms with Crippen LogP contribution in [0.2, 0.25) is 0 Å². The van der Waals surface area contributed by atoms with Gasteiger partial charge in [0.1, 0.15) is 11.5 Å². The van der Waals surface area contributed by atoms with E-state index in [-0.39, 0.29) is 17.7 Å². The Kier molecular flexibility index (Phi) is 4.99. The molecule has 0 radical (unpaired) electrons. The summed E-state index contributed by atoms with van der Waals surface area (Å²) in [5, 5.41) is 3.46. The Hall–Kier alpha value is -2.03. The number of hydrogen-bond acceptors (Lipinski definition) is 3. The number of allylic oxidation sites excluding steroid dienone is 2. The van der Waals surface area contributed by atoms with E-state index in [1.807, 2.05) is 43.3 Å². The van der Waals surface area contributed by atoms with Crippen molar-refractivity contribution in [3.8, 4) is 5.75 Å². The summed E-state index contributed by atoms with van der Waals surface area (Å²) in [4.78, 5) is 11.8. The average molecular weight is 271 g/mol. The predicted octanol–water partition coefficient (Wildman–Crippen LogP) is 3.59. The predicted molar refractivity (Wildman–Crippen MR) is 82.1 cm³/mol. The number of nitrogens with one attached hydrogen (secondary N) is 1. The standard InChI is InChI=1S/C17H21NO2/c1-3-15(19)12-17(13-6-4-5-7-13)18-14-8-10-16(20-2)11-9-14/h4-11,13,17-18H,3,12H2,1-2H3/t17-/m0/s1. The molecule has 0 fully saturated rings. The molecular weight excluding hydrogens is 250 g/mol. The highest BCUT2D eigenvalue weighted by atomic mass is 16.5. The second-order valence-electron chi connectivity index (χ2n) is 4.92. The van der Waals surface area contributed by atoms with Gasteiger partial charge in [-0.15, -0.1) is 0 Å². The van der Waals surface area contributed by atoms with Crippen LogP contribution >= 0.6 is 0 Å². The first kappa shape index (κ1) is 14.4. The third kappa shape index (κ3) is 3.73. The lowest BCUT2D eigenvalue weighted by molar-refractivity contribution is -0.119. The second-order valence-corrected chi connectivity index (χ2v) is 4.92. The fourth-order valence-corrected chi connectivity index (χ4v) is 2.29. The molecule has 0 aliphatic heterocycles. The number of rotatable bonds is 7. The molecule has 3 nitrogen and oxygen atoms in total. The molecule has 1 aliphatic carbocycles. The minimum absolute atomic E-state index is 0.103. The van der Waals surface area contributed by atoms with Gasteiger partial charge in [-0.3, -0.25) is 4.79 Å². The van der Waals surface area contributed by atoms with Gasteiger partial charge in [0.2, 0.25) is 0 Å². The third-order valence-corrected chi connectivity index (χ3v) is 3.53. The van der Waals surface area contributed by atoms with Crippen LogP contribution in [0.4, 0.5) is 5.69 Å². The summed E-state index contributed by atoms with van der Waals surface area (Å²) in [7, 11) is 1.65. The smallest absolute Gasteiger partial charge is 0.134 e. The normalized spacial score (nSPS) is 15.3. The van der Waals surface area contributed by atoms with Crippen molar-refractivity contribution in [2.45, 2.75) is 25.8 Å². The van der Waals surface area contributed by atoms with E-state index in [1.54, 1.807) is 7.11 Å². The summed E-state index contributed by atoms with van der Waals surface area (Å²) in [6.45, 7) is 1.91. The largest absolute Gasteiger partial charge is 0.497 e. The summed E-state index contributed by atoms with van der Waals surface area (Å²) in [5.74, 6) is 1.38. The van der Waals surface area contributed by atoms with Crippen LogP contribution in [0.15, 0.2) is 48.6 Å². The van der Waals surface area contributed by atoms with Crippen LogP contribution in [0.5, 0.6) is 5.75 Å². The first-order valence-corrected chi connectivity index (χ1v) is 7.00. The molecule has 0 spiro atoms. The number of hydrogen-bond donors (Lipinski definition) is 1. The van der Waals surface area contributed by atoms with Crippen molar-refractivity contribution in [1.29, 1.82) is 0 Å². The van der Waals surface area contributed by atoms with Gasteiger partial charge in [-0.1, -0.05) is 31.2 Å². The monoisotopic (exact) mass is 271 g/mol. The van der Waals surface area contributed by atoms with Crippen LogP contribution in [-0.2, 0) is 4.79 Å². The van der Waals surface area contributed by atoms with E-state index >= 15 is 0 Å². The van der Waals surface area contributed by atoms with Gasteiger partial charge in [0.15, 0.2) is 0 Å². The lowest BCUT2D eigenvalue weighted by Gasteiger charge is -2.23. The van der Waals surface area contributed by atoms with Gasteiger partial charge in [-0.2, -0.15) is 0 Å². The molecule has 106 valence electrons. The molecule has 0 aromatic heterocycles. The highest BCUT2D eigenvalue weighted by Gasteiger charge is 2.20. The maximum atomic E-state index is 11.8. The second kappa shape index (κ2) is 6.94. The Morgan fingerprint density at radius 3 is 2.45 bits per heavy atom. The lowest BCUT2D eigenvalue weighted by Crippen LogP contribution is -2.29. The highest BCUT2D eigenvalue weighted by Crippen LogP contribution is 2.23. The zero-order valence-corrected chi connectivity index (χ0v) is 12.0. The minimum atomic E-state index is 0.103. The van der Waals surface area contributed by atoms with Crippen molar-refractivity contribution in [3.05, 3.63) is 48.6 Å². The molecular formula is C17H21NO2. The van der Waals surface area contributed by atoms with Gasteiger partial charge in [-0.05, 0) is 24.3 Å². The quantitative estimate of drug-likeness (QED) is 0.823. The van der Waals surface area contributed by atoms with Crippen molar-refractivity contribution in [1.82, 2.24) is 0 Å². The number of carbonyl (C=O) groups is 1. The van der Waals surface area contributed by atoms with E-state index in [9.17, 15) is 4.79 Å². The summed E-state index contributed by atoms with van der Waals surface area (Å²) in [5.41, 5.74) is 1.01. The Balaban J connectivity index is 2.07. The molecule has 1 N–H and O–H groups in total. The van der Waals surface area contributed by atoms with Crippen LogP contribution in [0.1, 0.15) is 19.8 Å². The molecule has 3 heteroatoms. The van der Waals surface area contributed by atoms with Crippen molar-refractivity contribution >= 4 is 11.5 Å². The Morgan fingerprint density at radius 1 is 1.25 bits per heavy atom. The van der Waals surface area contributed by atoms with Crippen molar-refractivity contribution in [2.75, 3.05) is 12.4 Å². The summed E-state index contributed by atoms with van der Waals surface area (Å²) >= 11 is 0. The molecule has 0 saturated carbocycles. The van der Waals surface area contributed by atoms with E-state index in [4.69, 9.17) is 4.74 Å². The van der Waals surface area contributed by atoms with E-state index < -0.39 is 0 Å². The maximum Gasteiger partial charge on any atom is 0.134 e.